The summed E-state index contributed by atoms with van der Waals surface area (Å²) in [6, 6.07) is 1.95. The molecule has 1 aromatic rings. The Morgan fingerprint density at radius 2 is 1.88 bits per heavy atom. The summed E-state index contributed by atoms with van der Waals surface area (Å²) >= 11 is 0. The minimum Gasteiger partial charge on any atom is -0.465 e. The number of nitrogens with one attached hydrogen (secondary N) is 1. The monoisotopic (exact) mass is 330 g/mol. The number of pyridine rings is 1. The molecule has 3 amide bonds. The summed E-state index contributed by atoms with van der Waals surface area (Å²) in [5.41, 5.74) is 2.29. The van der Waals surface area contributed by atoms with Crippen molar-refractivity contribution in [2.24, 2.45) is 17.8 Å². The Morgan fingerprint density at radius 3 is 2.54 bits per heavy atom. The second kappa shape index (κ2) is 5.96. The summed E-state index contributed by atoms with van der Waals surface area (Å²) in [4.78, 5) is 30.8. The standard InChI is InChI=1S/C17H22N4O3/c22-16(20-7-12-1-2-18-6-15(12)10-20)19-5-11-3-13-8-21(17(23)24)9-14(13)4-11/h1-2,6,11,13-14H,3-5,7-10H2,(H,19,22)(H,23,24). The molecule has 24 heavy (non-hydrogen) atoms. The Labute approximate surface area is 140 Å². The molecule has 0 spiro atoms. The van der Waals surface area contributed by atoms with Gasteiger partial charge in [0.1, 0.15) is 0 Å². The van der Waals surface area contributed by atoms with Crippen LogP contribution in [0.25, 0.3) is 0 Å². The van der Waals surface area contributed by atoms with Gasteiger partial charge in [0.15, 0.2) is 0 Å². The van der Waals surface area contributed by atoms with Gasteiger partial charge in [0.2, 0.25) is 0 Å². The Hall–Kier alpha value is -2.31. The summed E-state index contributed by atoms with van der Waals surface area (Å²) in [6.45, 7) is 3.26. The summed E-state index contributed by atoms with van der Waals surface area (Å²) < 4.78 is 0. The third-order valence-electron chi connectivity index (χ3n) is 5.68. The molecule has 7 heteroatoms. The predicted molar refractivity (Wildman–Crippen MR) is 86.2 cm³/mol. The zero-order valence-electron chi connectivity index (χ0n) is 13.5. The Balaban J connectivity index is 1.24. The molecule has 128 valence electrons. The number of likely N-dealkylation sites (tertiary alicyclic amines) is 1. The van der Waals surface area contributed by atoms with Crippen LogP contribution in [0.15, 0.2) is 18.5 Å². The van der Waals surface area contributed by atoms with Crippen molar-refractivity contribution in [3.8, 4) is 0 Å². The molecule has 1 aromatic heterocycles. The number of nitrogens with zero attached hydrogens (tertiary/aromatic N) is 3. The number of carbonyl (C=O) groups excluding carboxylic acids is 1. The minimum atomic E-state index is -0.808. The molecule has 0 radical (unpaired) electrons. The highest BCUT2D eigenvalue weighted by Crippen LogP contribution is 2.41. The topological polar surface area (TPSA) is 85.8 Å². The number of carboxylic acid groups (broad SMARTS) is 1. The van der Waals surface area contributed by atoms with E-state index in [-0.39, 0.29) is 6.03 Å². The lowest BCUT2D eigenvalue weighted by atomic mass is 10.0. The number of hydrogen-bond acceptors (Lipinski definition) is 3. The van der Waals surface area contributed by atoms with Crippen LogP contribution in [0.2, 0.25) is 0 Å². The molecular weight excluding hydrogens is 308 g/mol. The fourth-order valence-corrected chi connectivity index (χ4v) is 4.45. The van der Waals surface area contributed by atoms with Crippen molar-refractivity contribution in [1.29, 1.82) is 0 Å². The van der Waals surface area contributed by atoms with Crippen LogP contribution in [-0.4, -0.2) is 51.6 Å². The molecule has 1 saturated carbocycles. The minimum absolute atomic E-state index is 0.0181. The molecule has 7 nitrogen and oxygen atoms in total. The highest BCUT2D eigenvalue weighted by molar-refractivity contribution is 5.75. The quantitative estimate of drug-likeness (QED) is 0.865. The first-order chi connectivity index (χ1) is 11.6. The molecule has 4 rings (SSSR count). The lowest BCUT2D eigenvalue weighted by Crippen LogP contribution is -2.39. The molecular formula is C17H22N4O3. The average Bonchev–Trinajstić information content (AvgIpc) is 3.24. The fraction of sp³-hybridized carbons (Fsp3) is 0.588. The Morgan fingerprint density at radius 1 is 1.17 bits per heavy atom. The van der Waals surface area contributed by atoms with Crippen molar-refractivity contribution in [2.45, 2.75) is 25.9 Å². The van der Waals surface area contributed by atoms with Gasteiger partial charge >= 0.3 is 12.1 Å². The van der Waals surface area contributed by atoms with E-state index in [0.29, 0.717) is 50.5 Å². The van der Waals surface area contributed by atoms with E-state index >= 15 is 0 Å². The Kier molecular flexibility index (Phi) is 3.78. The van der Waals surface area contributed by atoms with E-state index in [1.54, 1.807) is 6.20 Å². The first-order valence-corrected chi connectivity index (χ1v) is 8.52. The van der Waals surface area contributed by atoms with E-state index in [9.17, 15) is 9.59 Å². The molecule has 2 fully saturated rings. The van der Waals surface area contributed by atoms with E-state index in [1.165, 1.54) is 10.5 Å². The van der Waals surface area contributed by atoms with E-state index < -0.39 is 6.09 Å². The van der Waals surface area contributed by atoms with Crippen molar-refractivity contribution < 1.29 is 14.7 Å². The van der Waals surface area contributed by atoms with Gasteiger partial charge in [0, 0.05) is 45.1 Å². The van der Waals surface area contributed by atoms with Crippen molar-refractivity contribution in [3.63, 3.8) is 0 Å². The van der Waals surface area contributed by atoms with Crippen LogP contribution in [0, 0.1) is 17.8 Å². The molecule has 2 aliphatic heterocycles. The van der Waals surface area contributed by atoms with E-state index in [0.717, 1.165) is 18.4 Å². The van der Waals surface area contributed by atoms with Crippen LogP contribution < -0.4 is 5.32 Å². The van der Waals surface area contributed by atoms with Gasteiger partial charge in [-0.25, -0.2) is 9.59 Å². The summed E-state index contributed by atoms with van der Waals surface area (Å²) in [7, 11) is 0. The number of aromatic nitrogens is 1. The second-order valence-electron chi connectivity index (χ2n) is 7.23. The van der Waals surface area contributed by atoms with Crippen LogP contribution in [0.1, 0.15) is 24.0 Å². The maximum absolute atomic E-state index is 12.4. The zero-order chi connectivity index (χ0) is 16.7. The van der Waals surface area contributed by atoms with Crippen molar-refractivity contribution in [1.82, 2.24) is 20.1 Å². The molecule has 3 heterocycles. The lowest BCUT2D eigenvalue weighted by molar-refractivity contribution is 0.151. The van der Waals surface area contributed by atoms with Crippen LogP contribution in [0.4, 0.5) is 9.59 Å². The SMILES string of the molecule is O=C(O)N1CC2CC(CNC(=O)N3Cc4ccncc4C3)CC2C1. The van der Waals surface area contributed by atoms with E-state index in [1.807, 2.05) is 17.2 Å². The maximum Gasteiger partial charge on any atom is 0.407 e. The smallest absolute Gasteiger partial charge is 0.407 e. The number of fused-ring (bicyclic) bond motifs is 2. The van der Waals surface area contributed by atoms with Gasteiger partial charge in [-0.2, -0.15) is 0 Å². The number of rotatable bonds is 2. The number of urea groups is 1. The molecule has 2 N–H and O–H groups in total. The highest BCUT2D eigenvalue weighted by atomic mass is 16.4. The normalized spacial score (nSPS) is 27.9. The van der Waals surface area contributed by atoms with Gasteiger partial charge < -0.3 is 20.2 Å². The van der Waals surface area contributed by atoms with Crippen molar-refractivity contribution >= 4 is 12.1 Å². The average molecular weight is 330 g/mol. The molecule has 0 bridgehead atoms. The third kappa shape index (κ3) is 2.79. The van der Waals surface area contributed by atoms with Gasteiger partial charge in [-0.15, -0.1) is 0 Å². The van der Waals surface area contributed by atoms with Crippen LogP contribution in [-0.2, 0) is 13.1 Å². The van der Waals surface area contributed by atoms with Crippen LogP contribution >= 0.6 is 0 Å². The first-order valence-electron chi connectivity index (χ1n) is 8.52. The molecule has 1 saturated heterocycles. The molecule has 1 aliphatic carbocycles. The summed E-state index contributed by atoms with van der Waals surface area (Å²) in [5.74, 6) is 1.39. The third-order valence-corrected chi connectivity index (χ3v) is 5.68. The van der Waals surface area contributed by atoms with Gasteiger partial charge in [0.05, 0.1) is 0 Å². The number of amides is 3. The Bertz CT molecular complexity index is 626. The van der Waals surface area contributed by atoms with Crippen LogP contribution in [0.5, 0.6) is 0 Å². The largest absolute Gasteiger partial charge is 0.465 e. The van der Waals surface area contributed by atoms with E-state index in [2.05, 4.69) is 10.3 Å². The van der Waals surface area contributed by atoms with E-state index in [4.69, 9.17) is 5.11 Å². The van der Waals surface area contributed by atoms with Gasteiger partial charge in [-0.1, -0.05) is 0 Å². The molecule has 2 atom stereocenters. The molecule has 0 aromatic carbocycles. The maximum atomic E-state index is 12.4. The van der Waals surface area contributed by atoms with Gasteiger partial charge in [-0.3, -0.25) is 4.98 Å². The zero-order valence-corrected chi connectivity index (χ0v) is 13.5. The summed E-state index contributed by atoms with van der Waals surface area (Å²) in [6.07, 6.45) is 4.81. The summed E-state index contributed by atoms with van der Waals surface area (Å²) in [5, 5.41) is 12.1. The lowest BCUT2D eigenvalue weighted by Gasteiger charge is -2.20. The van der Waals surface area contributed by atoms with Gasteiger partial charge in [-0.05, 0) is 47.8 Å². The first kappa shape index (κ1) is 15.2. The molecule has 2 unspecified atom stereocenters. The highest BCUT2D eigenvalue weighted by Gasteiger charge is 2.42. The van der Waals surface area contributed by atoms with Crippen molar-refractivity contribution in [2.75, 3.05) is 19.6 Å². The number of hydrogen-bond donors (Lipinski definition) is 2. The molecule has 3 aliphatic rings. The van der Waals surface area contributed by atoms with Crippen LogP contribution in [0.3, 0.4) is 0 Å². The predicted octanol–water partition coefficient (Wildman–Crippen LogP) is 1.74. The van der Waals surface area contributed by atoms with Gasteiger partial charge in [0.25, 0.3) is 0 Å². The van der Waals surface area contributed by atoms with Crippen molar-refractivity contribution in [3.05, 3.63) is 29.6 Å². The second-order valence-corrected chi connectivity index (χ2v) is 7.23. The fourth-order valence-electron chi connectivity index (χ4n) is 4.45. The number of carbonyl (C=O) groups is 2.